The van der Waals surface area contributed by atoms with Crippen LogP contribution in [0.15, 0.2) is 24.3 Å². The molecule has 0 spiro atoms. The molecule has 22 heavy (non-hydrogen) atoms. The Labute approximate surface area is 134 Å². The van der Waals surface area contributed by atoms with E-state index in [1.807, 2.05) is 45.0 Å². The molecule has 0 saturated carbocycles. The first-order chi connectivity index (χ1) is 10.3. The molecular formula is C18H29NO3. The summed E-state index contributed by atoms with van der Waals surface area (Å²) >= 11 is 0. The van der Waals surface area contributed by atoms with Crippen LogP contribution in [0.5, 0.6) is 5.75 Å². The van der Waals surface area contributed by atoms with Gasteiger partial charge in [-0.1, -0.05) is 32.0 Å². The Balaban J connectivity index is 2.68. The number of benzene rings is 1. The molecule has 1 aromatic carbocycles. The van der Waals surface area contributed by atoms with Gasteiger partial charge in [-0.05, 0) is 39.7 Å². The highest BCUT2D eigenvalue weighted by atomic mass is 16.5. The second-order valence-corrected chi connectivity index (χ2v) is 6.30. The van der Waals surface area contributed by atoms with Crippen LogP contribution in [-0.4, -0.2) is 24.7 Å². The molecule has 0 aliphatic rings. The molecule has 4 heteroatoms. The molecular weight excluding hydrogens is 278 g/mol. The molecule has 0 bridgehead atoms. The number of carbonyl (C=O) groups is 1. The van der Waals surface area contributed by atoms with Gasteiger partial charge in [0.05, 0.1) is 12.1 Å². The topological polar surface area (TPSA) is 47.6 Å². The average Bonchev–Trinajstić information content (AvgIpc) is 2.44. The van der Waals surface area contributed by atoms with Crippen molar-refractivity contribution in [3.05, 3.63) is 29.8 Å². The Morgan fingerprint density at radius 3 is 2.32 bits per heavy atom. The number of nitrogens with one attached hydrogen (secondary N) is 1. The van der Waals surface area contributed by atoms with Gasteiger partial charge in [-0.2, -0.15) is 0 Å². The summed E-state index contributed by atoms with van der Waals surface area (Å²) in [5.41, 5.74) is 0.973. The molecule has 0 aliphatic heterocycles. The van der Waals surface area contributed by atoms with E-state index in [1.54, 1.807) is 6.92 Å². The van der Waals surface area contributed by atoms with Crippen LogP contribution in [0.4, 0.5) is 0 Å². The predicted octanol–water partition coefficient (Wildman–Crippen LogP) is 3.71. The van der Waals surface area contributed by atoms with Crippen LogP contribution in [0.2, 0.25) is 0 Å². The van der Waals surface area contributed by atoms with Crippen LogP contribution in [0.1, 0.15) is 53.1 Å². The molecule has 0 radical (unpaired) electrons. The van der Waals surface area contributed by atoms with Gasteiger partial charge in [-0.25, -0.2) is 0 Å². The van der Waals surface area contributed by atoms with Gasteiger partial charge in [0.15, 0.2) is 0 Å². The molecule has 0 aliphatic carbocycles. The summed E-state index contributed by atoms with van der Waals surface area (Å²) in [6.45, 7) is 12.4. The van der Waals surface area contributed by atoms with E-state index in [2.05, 4.69) is 19.2 Å². The quantitative estimate of drug-likeness (QED) is 0.796. The molecule has 1 N–H and O–H groups in total. The normalized spacial score (nSPS) is 14.0. The third kappa shape index (κ3) is 6.06. The Morgan fingerprint density at radius 1 is 1.09 bits per heavy atom. The van der Waals surface area contributed by atoms with E-state index < -0.39 is 6.10 Å². The first-order valence-electron chi connectivity index (χ1n) is 7.98. The van der Waals surface area contributed by atoms with Gasteiger partial charge >= 0.3 is 0 Å². The maximum atomic E-state index is 12.2. The van der Waals surface area contributed by atoms with Gasteiger partial charge in [0.2, 0.25) is 5.91 Å². The zero-order chi connectivity index (χ0) is 16.7. The number of hydrogen-bond donors (Lipinski definition) is 1. The molecule has 0 saturated heterocycles. The van der Waals surface area contributed by atoms with Crippen LogP contribution in [0, 0.1) is 5.92 Å². The van der Waals surface area contributed by atoms with Crippen LogP contribution < -0.4 is 10.1 Å². The minimum absolute atomic E-state index is 0.0948. The van der Waals surface area contributed by atoms with E-state index in [0.717, 1.165) is 11.3 Å². The van der Waals surface area contributed by atoms with Gasteiger partial charge in [-0.3, -0.25) is 4.79 Å². The molecule has 0 heterocycles. The third-order valence-corrected chi connectivity index (χ3v) is 3.16. The molecule has 2 atom stereocenters. The van der Waals surface area contributed by atoms with E-state index in [4.69, 9.17) is 9.47 Å². The highest BCUT2D eigenvalue weighted by Gasteiger charge is 2.19. The molecule has 0 aromatic heterocycles. The fourth-order valence-corrected chi connectivity index (χ4v) is 2.02. The number of ether oxygens (including phenoxy) is 2. The zero-order valence-electron chi connectivity index (χ0n) is 14.6. The summed E-state index contributed by atoms with van der Waals surface area (Å²) in [5, 5.41) is 2.99. The lowest BCUT2D eigenvalue weighted by atomic mass is 10.1. The van der Waals surface area contributed by atoms with Crippen LogP contribution in [-0.2, 0) is 9.53 Å². The van der Waals surface area contributed by atoms with Gasteiger partial charge < -0.3 is 14.8 Å². The lowest BCUT2D eigenvalue weighted by Gasteiger charge is -2.22. The summed E-state index contributed by atoms with van der Waals surface area (Å²) in [5.74, 6) is 1.11. The molecule has 1 rings (SSSR count). The zero-order valence-corrected chi connectivity index (χ0v) is 14.6. The number of carbonyl (C=O) groups excluding carboxylic acids is 1. The summed E-state index contributed by atoms with van der Waals surface area (Å²) in [6, 6.07) is 7.65. The predicted molar refractivity (Wildman–Crippen MR) is 89.0 cm³/mol. The lowest BCUT2D eigenvalue weighted by molar-refractivity contribution is -0.133. The summed E-state index contributed by atoms with van der Waals surface area (Å²) in [4.78, 5) is 12.2. The minimum atomic E-state index is -0.456. The number of rotatable bonds is 8. The molecule has 124 valence electrons. The van der Waals surface area contributed by atoms with Crippen molar-refractivity contribution < 1.29 is 14.3 Å². The minimum Gasteiger partial charge on any atom is -0.491 e. The summed E-state index contributed by atoms with van der Waals surface area (Å²) in [6.07, 6.45) is -0.361. The standard InChI is InChI=1S/C18H29NO3/c1-12(2)11-21-15(6)18(20)19-14(5)16-9-7-8-10-17(16)22-13(3)4/h7-10,12-15H,11H2,1-6H3,(H,19,20)/t14-,15+/m0/s1. The van der Waals surface area contributed by atoms with Crippen molar-refractivity contribution in [1.29, 1.82) is 0 Å². The third-order valence-electron chi connectivity index (χ3n) is 3.16. The Kier molecular flexibility index (Phi) is 7.39. The van der Waals surface area contributed by atoms with E-state index >= 15 is 0 Å². The van der Waals surface area contributed by atoms with E-state index in [1.165, 1.54) is 0 Å². The highest BCUT2D eigenvalue weighted by Crippen LogP contribution is 2.25. The SMILES string of the molecule is CC(C)CO[C@H](C)C(=O)N[C@@H](C)c1ccccc1OC(C)C. The summed E-state index contributed by atoms with van der Waals surface area (Å²) < 4.78 is 11.4. The maximum Gasteiger partial charge on any atom is 0.249 e. The van der Waals surface area contributed by atoms with Crippen molar-refractivity contribution in [1.82, 2.24) is 5.32 Å². The first kappa shape index (κ1) is 18.5. The first-order valence-corrected chi connectivity index (χ1v) is 7.98. The van der Waals surface area contributed by atoms with Crippen molar-refractivity contribution in [3.63, 3.8) is 0 Å². The number of amides is 1. The average molecular weight is 307 g/mol. The maximum absolute atomic E-state index is 12.2. The van der Waals surface area contributed by atoms with E-state index in [9.17, 15) is 4.79 Å². The van der Waals surface area contributed by atoms with Crippen LogP contribution in [0.25, 0.3) is 0 Å². The molecule has 1 aromatic rings. The fraction of sp³-hybridized carbons (Fsp3) is 0.611. The van der Waals surface area contributed by atoms with Crippen molar-refractivity contribution in [3.8, 4) is 5.75 Å². The summed E-state index contributed by atoms with van der Waals surface area (Å²) in [7, 11) is 0. The number of hydrogen-bond acceptors (Lipinski definition) is 3. The highest BCUT2D eigenvalue weighted by molar-refractivity contribution is 5.80. The Bertz CT molecular complexity index is 471. The molecule has 0 unspecified atom stereocenters. The smallest absolute Gasteiger partial charge is 0.249 e. The molecule has 1 amide bonds. The lowest BCUT2D eigenvalue weighted by Crippen LogP contribution is -2.36. The van der Waals surface area contributed by atoms with Gasteiger partial charge in [0.1, 0.15) is 11.9 Å². The van der Waals surface area contributed by atoms with Gasteiger partial charge in [-0.15, -0.1) is 0 Å². The largest absolute Gasteiger partial charge is 0.491 e. The van der Waals surface area contributed by atoms with Crippen molar-refractivity contribution in [2.75, 3.05) is 6.61 Å². The van der Waals surface area contributed by atoms with Gasteiger partial charge in [0.25, 0.3) is 0 Å². The number of para-hydroxylation sites is 1. The monoisotopic (exact) mass is 307 g/mol. The van der Waals surface area contributed by atoms with Gasteiger partial charge in [0, 0.05) is 12.2 Å². The second kappa shape index (κ2) is 8.79. The molecule has 0 fully saturated rings. The fourth-order valence-electron chi connectivity index (χ4n) is 2.02. The van der Waals surface area contributed by atoms with E-state index in [-0.39, 0.29) is 18.1 Å². The van der Waals surface area contributed by atoms with Crippen molar-refractivity contribution in [2.24, 2.45) is 5.92 Å². The van der Waals surface area contributed by atoms with Crippen molar-refractivity contribution >= 4 is 5.91 Å². The van der Waals surface area contributed by atoms with Crippen LogP contribution >= 0.6 is 0 Å². The second-order valence-electron chi connectivity index (χ2n) is 6.30. The molecule has 4 nitrogen and oxygen atoms in total. The Hall–Kier alpha value is -1.55. The Morgan fingerprint density at radius 2 is 1.73 bits per heavy atom. The van der Waals surface area contributed by atoms with Crippen LogP contribution in [0.3, 0.4) is 0 Å². The van der Waals surface area contributed by atoms with E-state index in [0.29, 0.717) is 12.5 Å². The van der Waals surface area contributed by atoms with Crippen molar-refractivity contribution in [2.45, 2.75) is 59.8 Å².